The Labute approximate surface area is 58.1 Å². The van der Waals surface area contributed by atoms with Gasteiger partial charge in [0.1, 0.15) is 0 Å². The van der Waals surface area contributed by atoms with Gasteiger partial charge in [-0.2, -0.15) is 0 Å². The molecule has 0 aliphatic rings. The fourth-order valence-corrected chi connectivity index (χ4v) is 0. The van der Waals surface area contributed by atoms with Gasteiger partial charge in [0.2, 0.25) is 0 Å². The third-order valence-corrected chi connectivity index (χ3v) is 0. The van der Waals surface area contributed by atoms with Gasteiger partial charge in [-0.15, -0.1) is 0 Å². The van der Waals surface area contributed by atoms with Crippen LogP contribution in [0.4, 0.5) is 0 Å². The van der Waals surface area contributed by atoms with E-state index < -0.39 is 0 Å². The molecule has 0 fully saturated rings. The first-order chi connectivity index (χ1) is 1.41. The molecule has 0 aromatic rings. The maximum atomic E-state index is 2.00. The van der Waals surface area contributed by atoms with Gasteiger partial charge in [-0.05, 0) is 6.42 Å². The standard InChI is InChI=1S/C3H7.2Li.2H/c1-3-2;;;;/h3H,1-2H3;;;;. The second kappa shape index (κ2) is 19.0. The molecule has 0 heterocycles. The topological polar surface area (TPSA) is 0 Å². The van der Waals surface area contributed by atoms with E-state index in [0.29, 0.717) is 0 Å². The molecule has 0 aromatic carbocycles. The zero-order valence-corrected chi connectivity index (χ0v) is 2.58. The van der Waals surface area contributed by atoms with Crippen molar-refractivity contribution in [2.24, 2.45) is 0 Å². The van der Waals surface area contributed by atoms with Crippen LogP contribution < -0.4 is 0 Å². The maximum absolute atomic E-state index is 2.00. The van der Waals surface area contributed by atoms with Crippen molar-refractivity contribution >= 4 is 37.7 Å². The van der Waals surface area contributed by atoms with Crippen molar-refractivity contribution in [2.45, 2.75) is 13.8 Å². The summed E-state index contributed by atoms with van der Waals surface area (Å²) in [7, 11) is 0. The molecule has 0 aromatic heterocycles. The third kappa shape index (κ3) is 37.1. The molecule has 0 amide bonds. The van der Waals surface area contributed by atoms with Gasteiger partial charge in [-0.1, -0.05) is 13.8 Å². The molecule has 0 bridgehead atoms. The van der Waals surface area contributed by atoms with Crippen LogP contribution in [0, 0.1) is 6.42 Å². The summed E-state index contributed by atoms with van der Waals surface area (Å²) in [4.78, 5) is 0. The van der Waals surface area contributed by atoms with E-state index in [4.69, 9.17) is 0 Å². The zero-order chi connectivity index (χ0) is 2.71. The molecule has 1 radical (unpaired) electrons. The van der Waals surface area contributed by atoms with Crippen molar-refractivity contribution in [3.8, 4) is 0 Å². The van der Waals surface area contributed by atoms with E-state index in [2.05, 4.69) is 0 Å². The molecule has 0 saturated carbocycles. The Morgan fingerprint density at radius 2 is 1.00 bits per heavy atom. The molecule has 0 aliphatic carbocycles. The normalized spacial score (nSPS) is 3.60. The van der Waals surface area contributed by atoms with E-state index in [1.807, 2.05) is 20.3 Å². The van der Waals surface area contributed by atoms with Crippen LogP contribution in [-0.2, 0) is 0 Å². The van der Waals surface area contributed by atoms with E-state index in [9.17, 15) is 0 Å². The van der Waals surface area contributed by atoms with Crippen LogP contribution in [0.15, 0.2) is 0 Å². The Morgan fingerprint density at radius 3 is 1.00 bits per heavy atom. The predicted molar refractivity (Wildman–Crippen MR) is 29.9 cm³/mol. The van der Waals surface area contributed by atoms with Crippen molar-refractivity contribution in [1.29, 1.82) is 0 Å². The van der Waals surface area contributed by atoms with Crippen molar-refractivity contribution < 1.29 is 0 Å². The van der Waals surface area contributed by atoms with Gasteiger partial charge in [0.05, 0.1) is 0 Å². The molecule has 0 saturated heterocycles. The summed E-state index contributed by atoms with van der Waals surface area (Å²) >= 11 is 0. The van der Waals surface area contributed by atoms with Gasteiger partial charge in [0.25, 0.3) is 0 Å². The monoisotopic (exact) mass is 59.1 g/mol. The Hall–Kier alpha value is 1.19. The van der Waals surface area contributed by atoms with Gasteiger partial charge in [-0.3, -0.25) is 0 Å². The Balaban J connectivity index is -0.0000000200. The molecule has 23 valence electrons. The Bertz CT molecular complexity index is 4.85. The van der Waals surface area contributed by atoms with Crippen molar-refractivity contribution in [2.75, 3.05) is 0 Å². The van der Waals surface area contributed by atoms with E-state index >= 15 is 0 Å². The van der Waals surface area contributed by atoms with E-state index in [-0.39, 0.29) is 37.7 Å². The van der Waals surface area contributed by atoms with Crippen LogP contribution in [0.2, 0.25) is 0 Å². The molecule has 0 N–H and O–H groups in total. The summed E-state index contributed by atoms with van der Waals surface area (Å²) in [5.74, 6) is 0. The molecule has 2 heteroatoms. The summed E-state index contributed by atoms with van der Waals surface area (Å²) < 4.78 is 0. The molecule has 0 aliphatic heterocycles. The molecule has 0 spiro atoms. The van der Waals surface area contributed by atoms with Gasteiger partial charge in [0, 0.05) is 0 Å². The molecule has 0 unspecified atom stereocenters. The minimum atomic E-state index is 0. The quantitative estimate of drug-likeness (QED) is 0.343. The summed E-state index contributed by atoms with van der Waals surface area (Å²) in [6, 6.07) is 0. The molecule has 0 nitrogen and oxygen atoms in total. The van der Waals surface area contributed by atoms with Crippen molar-refractivity contribution in [1.82, 2.24) is 0 Å². The predicted octanol–water partition coefficient (Wildman–Crippen LogP) is -0.0665. The first-order valence-corrected chi connectivity index (χ1v) is 1.15. The number of hydrogen-bond donors (Lipinski definition) is 0. The van der Waals surface area contributed by atoms with Crippen molar-refractivity contribution in [3.05, 3.63) is 6.42 Å². The molecular weight excluding hydrogens is 49.9 g/mol. The van der Waals surface area contributed by atoms with Crippen LogP contribution in [0.3, 0.4) is 0 Å². The summed E-state index contributed by atoms with van der Waals surface area (Å²) in [6.45, 7) is 4.00. The second-order valence-corrected chi connectivity index (χ2v) is 0.577. The van der Waals surface area contributed by atoms with Gasteiger partial charge < -0.3 is 0 Å². The van der Waals surface area contributed by atoms with E-state index in [1.165, 1.54) is 0 Å². The molecular formula is C3H9Li2. The molecule has 0 atom stereocenters. The first kappa shape index (κ1) is 16.4. The van der Waals surface area contributed by atoms with Gasteiger partial charge in [-0.25, -0.2) is 0 Å². The van der Waals surface area contributed by atoms with Gasteiger partial charge in [0.15, 0.2) is 0 Å². The molecule has 0 rings (SSSR count). The van der Waals surface area contributed by atoms with E-state index in [0.717, 1.165) is 0 Å². The third-order valence-electron chi connectivity index (χ3n) is 0. The van der Waals surface area contributed by atoms with Crippen LogP contribution >= 0.6 is 0 Å². The van der Waals surface area contributed by atoms with Crippen LogP contribution in [0.5, 0.6) is 0 Å². The zero-order valence-electron chi connectivity index (χ0n) is 2.58. The van der Waals surface area contributed by atoms with Gasteiger partial charge >= 0.3 is 37.7 Å². The second-order valence-electron chi connectivity index (χ2n) is 0.577. The average molecular weight is 59.0 g/mol. The first-order valence-electron chi connectivity index (χ1n) is 1.15. The number of rotatable bonds is 0. The van der Waals surface area contributed by atoms with Crippen LogP contribution in [0.25, 0.3) is 0 Å². The molecule has 5 heavy (non-hydrogen) atoms. The Kier molecular flexibility index (Phi) is 62.2. The van der Waals surface area contributed by atoms with Crippen LogP contribution in [0.1, 0.15) is 13.8 Å². The van der Waals surface area contributed by atoms with E-state index in [1.54, 1.807) is 0 Å². The summed E-state index contributed by atoms with van der Waals surface area (Å²) in [5, 5.41) is 0. The minimum absolute atomic E-state index is 0. The number of hydrogen-bond acceptors (Lipinski definition) is 0. The summed E-state index contributed by atoms with van der Waals surface area (Å²) in [5.41, 5.74) is 0. The Morgan fingerprint density at radius 1 is 1.00 bits per heavy atom. The fraction of sp³-hybridized carbons (Fsp3) is 0.667. The fourth-order valence-electron chi connectivity index (χ4n) is 0. The van der Waals surface area contributed by atoms with Crippen LogP contribution in [-0.4, -0.2) is 37.7 Å². The SMILES string of the molecule is C[CH]C.[LiH].[LiH]. The van der Waals surface area contributed by atoms with Crippen molar-refractivity contribution in [3.63, 3.8) is 0 Å². The average Bonchev–Trinajstić information content (AvgIpc) is 0.918. The summed E-state index contributed by atoms with van der Waals surface area (Å²) in [6.07, 6.45) is 2.00.